The third-order valence-electron chi connectivity index (χ3n) is 5.01. The van der Waals surface area contributed by atoms with Crippen molar-refractivity contribution in [1.29, 1.82) is 0 Å². The molecular weight excluding hydrogens is 466 g/mol. The van der Waals surface area contributed by atoms with Crippen molar-refractivity contribution in [2.75, 3.05) is 18.1 Å². The average molecular weight is 496 g/mol. The van der Waals surface area contributed by atoms with Crippen molar-refractivity contribution in [3.63, 3.8) is 0 Å². The molecule has 0 radical (unpaired) electrons. The summed E-state index contributed by atoms with van der Waals surface area (Å²) in [6.45, 7) is 4.53. The van der Waals surface area contributed by atoms with E-state index in [1.807, 2.05) is 60.7 Å². The van der Waals surface area contributed by atoms with Crippen LogP contribution < -0.4 is 10.2 Å². The Balaban J connectivity index is 1.58. The quantitative estimate of drug-likeness (QED) is 0.301. The fraction of sp³-hybridized carbons (Fsp3) is 0.308. The second kappa shape index (κ2) is 13.2. The monoisotopic (exact) mass is 495 g/mol. The number of hydrogen-bond acceptors (Lipinski definition) is 7. The van der Waals surface area contributed by atoms with E-state index in [9.17, 15) is 14.4 Å². The predicted octanol–water partition coefficient (Wildman–Crippen LogP) is 4.87. The number of thiazole rings is 1. The second-order valence-electron chi connectivity index (χ2n) is 7.69. The molecule has 2 amide bonds. The van der Waals surface area contributed by atoms with E-state index in [0.29, 0.717) is 35.2 Å². The van der Waals surface area contributed by atoms with Crippen molar-refractivity contribution in [2.24, 2.45) is 0 Å². The lowest BCUT2D eigenvalue weighted by Crippen LogP contribution is -2.31. The molecule has 0 saturated heterocycles. The Bertz CT molecular complexity index is 1120. The van der Waals surface area contributed by atoms with Crippen LogP contribution in [0.5, 0.6) is 0 Å². The van der Waals surface area contributed by atoms with Gasteiger partial charge in [0.05, 0.1) is 18.8 Å². The van der Waals surface area contributed by atoms with Gasteiger partial charge in [-0.05, 0) is 31.4 Å². The molecule has 1 N–H and O–H groups in total. The molecule has 0 bridgehead atoms. The molecular formula is C26H29N3O5S. The zero-order valence-electron chi connectivity index (χ0n) is 19.9. The van der Waals surface area contributed by atoms with Crippen LogP contribution in [0.3, 0.4) is 0 Å². The Morgan fingerprint density at radius 1 is 0.971 bits per heavy atom. The minimum Gasteiger partial charge on any atom is -0.462 e. The van der Waals surface area contributed by atoms with E-state index in [2.05, 4.69) is 10.3 Å². The first-order chi connectivity index (χ1) is 17.0. The highest BCUT2D eigenvalue weighted by atomic mass is 32.1. The lowest BCUT2D eigenvalue weighted by atomic mass is 10.2. The number of aryl methyl sites for hydroxylation is 1. The number of carbonyl (C=O) groups is 3. The molecule has 9 heteroatoms. The Hall–Kier alpha value is -3.72. The van der Waals surface area contributed by atoms with Crippen molar-refractivity contribution in [3.8, 4) is 0 Å². The number of nitrogens with one attached hydrogen (secondary N) is 1. The Morgan fingerprint density at radius 2 is 1.63 bits per heavy atom. The molecule has 0 aliphatic carbocycles. The number of amides is 2. The van der Waals surface area contributed by atoms with Crippen LogP contribution in [-0.2, 0) is 27.4 Å². The number of nitrogens with zero attached hydrogens (tertiary/aromatic N) is 2. The van der Waals surface area contributed by atoms with Crippen LogP contribution in [0.4, 0.5) is 9.93 Å². The maximum atomic E-state index is 13.2. The van der Waals surface area contributed by atoms with E-state index < -0.39 is 12.1 Å². The normalized spacial score (nSPS) is 10.5. The molecule has 0 atom stereocenters. The zero-order valence-corrected chi connectivity index (χ0v) is 20.7. The molecule has 0 fully saturated rings. The first-order valence-corrected chi connectivity index (χ1v) is 12.2. The third-order valence-corrected chi connectivity index (χ3v) is 6.17. The Labute approximate surface area is 208 Å². The van der Waals surface area contributed by atoms with Crippen LogP contribution >= 0.6 is 11.3 Å². The predicted molar refractivity (Wildman–Crippen MR) is 134 cm³/mol. The van der Waals surface area contributed by atoms with Gasteiger partial charge in [-0.1, -0.05) is 72.0 Å². The summed E-state index contributed by atoms with van der Waals surface area (Å²) in [4.78, 5) is 43.8. The van der Waals surface area contributed by atoms with Crippen molar-refractivity contribution >= 4 is 34.4 Å². The molecule has 35 heavy (non-hydrogen) atoms. The fourth-order valence-corrected chi connectivity index (χ4v) is 4.23. The summed E-state index contributed by atoms with van der Waals surface area (Å²) in [5.41, 5.74) is 2.36. The number of benzene rings is 2. The SMILES string of the molecule is CCOC(=O)c1sc(N(Cc2ccccc2)C(=O)CCCNC(=O)OCc2ccccc2)nc1C. The van der Waals surface area contributed by atoms with Gasteiger partial charge in [0.2, 0.25) is 5.91 Å². The van der Waals surface area contributed by atoms with E-state index in [4.69, 9.17) is 9.47 Å². The highest BCUT2D eigenvalue weighted by molar-refractivity contribution is 7.17. The van der Waals surface area contributed by atoms with Crippen LogP contribution in [0, 0.1) is 6.92 Å². The van der Waals surface area contributed by atoms with Crippen LogP contribution in [-0.4, -0.2) is 36.1 Å². The number of hydrogen-bond donors (Lipinski definition) is 1. The minimum atomic E-state index is -0.530. The number of ether oxygens (including phenoxy) is 2. The molecule has 1 heterocycles. The summed E-state index contributed by atoms with van der Waals surface area (Å²) in [5.74, 6) is -0.600. The number of alkyl carbamates (subject to hydrolysis) is 1. The maximum absolute atomic E-state index is 13.2. The van der Waals surface area contributed by atoms with Gasteiger partial charge in [-0.2, -0.15) is 0 Å². The summed E-state index contributed by atoms with van der Waals surface area (Å²) in [7, 11) is 0. The van der Waals surface area contributed by atoms with E-state index in [0.717, 1.165) is 22.5 Å². The Kier molecular flexibility index (Phi) is 9.80. The molecule has 0 aliphatic heterocycles. The molecule has 184 valence electrons. The number of carbonyl (C=O) groups excluding carboxylic acids is 3. The summed E-state index contributed by atoms with van der Waals surface area (Å²) in [5, 5.41) is 3.11. The van der Waals surface area contributed by atoms with Gasteiger partial charge < -0.3 is 14.8 Å². The highest BCUT2D eigenvalue weighted by Crippen LogP contribution is 2.29. The zero-order chi connectivity index (χ0) is 25.0. The van der Waals surface area contributed by atoms with Crippen LogP contribution in [0.25, 0.3) is 0 Å². The number of rotatable bonds is 11. The molecule has 3 rings (SSSR count). The van der Waals surface area contributed by atoms with Crippen LogP contribution in [0.15, 0.2) is 60.7 Å². The van der Waals surface area contributed by atoms with Gasteiger partial charge in [0, 0.05) is 13.0 Å². The lowest BCUT2D eigenvalue weighted by Gasteiger charge is -2.20. The molecule has 0 saturated carbocycles. The maximum Gasteiger partial charge on any atom is 0.407 e. The number of esters is 1. The van der Waals surface area contributed by atoms with Crippen molar-refractivity contribution in [1.82, 2.24) is 10.3 Å². The van der Waals surface area contributed by atoms with Crippen molar-refractivity contribution in [2.45, 2.75) is 39.8 Å². The van der Waals surface area contributed by atoms with Gasteiger partial charge in [0.15, 0.2) is 5.13 Å². The van der Waals surface area contributed by atoms with Crippen LogP contribution in [0.2, 0.25) is 0 Å². The molecule has 0 aliphatic rings. The van der Waals surface area contributed by atoms with E-state index >= 15 is 0 Å². The van der Waals surface area contributed by atoms with Crippen molar-refractivity contribution in [3.05, 3.63) is 82.4 Å². The van der Waals surface area contributed by atoms with E-state index in [1.165, 1.54) is 0 Å². The van der Waals surface area contributed by atoms with E-state index in [-0.39, 0.29) is 25.5 Å². The molecule has 8 nitrogen and oxygen atoms in total. The molecule has 0 spiro atoms. The first kappa shape index (κ1) is 25.9. The van der Waals surface area contributed by atoms with Crippen molar-refractivity contribution < 1.29 is 23.9 Å². The summed E-state index contributed by atoms with van der Waals surface area (Å²) in [6.07, 6.45) is 0.0933. The summed E-state index contributed by atoms with van der Waals surface area (Å²) >= 11 is 1.14. The van der Waals surface area contributed by atoms with Gasteiger partial charge in [-0.3, -0.25) is 9.69 Å². The van der Waals surface area contributed by atoms with Gasteiger partial charge in [-0.25, -0.2) is 14.6 Å². The van der Waals surface area contributed by atoms with Gasteiger partial charge in [0.1, 0.15) is 11.5 Å². The average Bonchev–Trinajstić information content (AvgIpc) is 3.26. The number of aromatic nitrogens is 1. The first-order valence-electron chi connectivity index (χ1n) is 11.4. The minimum absolute atomic E-state index is 0.155. The summed E-state index contributed by atoms with van der Waals surface area (Å²) in [6, 6.07) is 19.0. The highest BCUT2D eigenvalue weighted by Gasteiger charge is 2.24. The fourth-order valence-electron chi connectivity index (χ4n) is 3.25. The molecule has 1 aromatic heterocycles. The molecule has 3 aromatic rings. The topological polar surface area (TPSA) is 97.8 Å². The smallest absolute Gasteiger partial charge is 0.407 e. The number of anilines is 1. The van der Waals surface area contributed by atoms with Crippen LogP contribution in [0.1, 0.15) is 46.3 Å². The largest absolute Gasteiger partial charge is 0.462 e. The summed E-state index contributed by atoms with van der Waals surface area (Å²) < 4.78 is 10.3. The molecule has 2 aromatic carbocycles. The molecule has 0 unspecified atom stereocenters. The second-order valence-corrected chi connectivity index (χ2v) is 8.67. The van der Waals surface area contributed by atoms with Gasteiger partial charge >= 0.3 is 12.1 Å². The third kappa shape index (κ3) is 7.92. The van der Waals surface area contributed by atoms with Gasteiger partial charge in [0.25, 0.3) is 0 Å². The van der Waals surface area contributed by atoms with E-state index in [1.54, 1.807) is 18.7 Å². The van der Waals surface area contributed by atoms with Gasteiger partial charge in [-0.15, -0.1) is 0 Å². The lowest BCUT2D eigenvalue weighted by molar-refractivity contribution is -0.118. The Morgan fingerprint density at radius 3 is 2.29 bits per heavy atom. The standard InChI is InChI=1S/C26H29N3O5S/c1-3-33-24(31)23-19(2)28-25(35-23)29(17-20-11-6-4-7-12-20)22(30)15-10-16-27-26(32)34-18-21-13-8-5-9-14-21/h4-9,11-14H,3,10,15-18H2,1-2H3,(H,27,32).